The van der Waals surface area contributed by atoms with Crippen LogP contribution in [0.3, 0.4) is 0 Å². The highest BCUT2D eigenvalue weighted by Gasteiger charge is 2.27. The molecule has 0 amide bonds. The van der Waals surface area contributed by atoms with Crippen LogP contribution in [0.4, 0.5) is 31.8 Å². The van der Waals surface area contributed by atoms with Crippen LogP contribution in [0.15, 0.2) is 54.9 Å². The molecule has 25 heavy (non-hydrogen) atoms. The summed E-state index contributed by atoms with van der Waals surface area (Å²) in [5.41, 5.74) is 2.13. The molecule has 2 heterocycles. The lowest BCUT2D eigenvalue weighted by Gasteiger charge is -2.24. The number of rotatable bonds is 3. The lowest BCUT2D eigenvalue weighted by molar-refractivity contribution is 0.590. The summed E-state index contributed by atoms with van der Waals surface area (Å²) in [6.07, 6.45) is 2.31. The van der Waals surface area contributed by atoms with Crippen molar-refractivity contribution in [3.63, 3.8) is 0 Å². The molecule has 4 rings (SSSR count). The van der Waals surface area contributed by atoms with Crippen molar-refractivity contribution < 1.29 is 8.78 Å². The predicted molar refractivity (Wildman–Crippen MR) is 93.4 cm³/mol. The third-order valence-electron chi connectivity index (χ3n) is 4.32. The maximum atomic E-state index is 13.8. The molecular formula is C19H16F2N4. The summed E-state index contributed by atoms with van der Waals surface area (Å²) in [6, 6.07) is 13.8. The fraction of sp³-hybridized carbons (Fsp3) is 0.158. The molecule has 1 unspecified atom stereocenters. The summed E-state index contributed by atoms with van der Waals surface area (Å²) in [5.74, 6) is -0.308. The van der Waals surface area contributed by atoms with E-state index in [1.807, 2.05) is 18.2 Å². The Morgan fingerprint density at radius 1 is 1.04 bits per heavy atom. The largest absolute Gasteiger partial charge is 0.335 e. The lowest BCUT2D eigenvalue weighted by atomic mass is 10.1. The highest BCUT2D eigenvalue weighted by atomic mass is 19.1. The van der Waals surface area contributed by atoms with Gasteiger partial charge in [0.25, 0.3) is 0 Å². The number of nitrogens with zero attached hydrogens (tertiary/aromatic N) is 3. The van der Waals surface area contributed by atoms with Crippen LogP contribution in [0.25, 0.3) is 0 Å². The Kier molecular flexibility index (Phi) is 3.80. The third kappa shape index (κ3) is 2.80. The molecule has 1 aliphatic rings. The van der Waals surface area contributed by atoms with Crippen molar-refractivity contribution in [3.05, 3.63) is 72.1 Å². The van der Waals surface area contributed by atoms with Gasteiger partial charge in [0.15, 0.2) is 0 Å². The average molecular weight is 338 g/mol. The smallest absolute Gasteiger partial charge is 0.149 e. The number of para-hydroxylation sites is 2. The highest BCUT2D eigenvalue weighted by Crippen LogP contribution is 2.37. The maximum Gasteiger partial charge on any atom is 0.149 e. The summed E-state index contributed by atoms with van der Waals surface area (Å²) < 4.78 is 27.7. The number of hydrogen-bond donors (Lipinski definition) is 1. The molecule has 3 aromatic rings. The minimum atomic E-state index is -0.667. The molecule has 0 saturated carbocycles. The number of aromatic nitrogens is 2. The molecule has 0 fully saturated rings. The molecule has 1 atom stereocenters. The van der Waals surface area contributed by atoms with Gasteiger partial charge in [-0.1, -0.05) is 24.3 Å². The van der Waals surface area contributed by atoms with E-state index < -0.39 is 11.6 Å². The first kappa shape index (κ1) is 15.5. The second-order valence-electron chi connectivity index (χ2n) is 6.03. The molecule has 2 aromatic carbocycles. The van der Waals surface area contributed by atoms with Gasteiger partial charge in [0.05, 0.1) is 0 Å². The Morgan fingerprint density at radius 3 is 2.60 bits per heavy atom. The van der Waals surface area contributed by atoms with E-state index in [0.29, 0.717) is 11.6 Å². The topological polar surface area (TPSA) is 41.0 Å². The third-order valence-corrected chi connectivity index (χ3v) is 4.32. The van der Waals surface area contributed by atoms with Crippen molar-refractivity contribution in [2.45, 2.75) is 19.4 Å². The minimum Gasteiger partial charge on any atom is -0.335 e. The Bertz CT molecular complexity index is 909. The number of hydrogen-bond acceptors (Lipinski definition) is 4. The van der Waals surface area contributed by atoms with Gasteiger partial charge in [-0.2, -0.15) is 0 Å². The molecule has 0 radical (unpaired) electrons. The van der Waals surface area contributed by atoms with Crippen molar-refractivity contribution >= 4 is 23.0 Å². The SMILES string of the molecule is CC1Cc2ccccc2N1c1cc(Nc2c(F)cccc2F)ncn1. The van der Waals surface area contributed by atoms with Gasteiger partial charge in [0, 0.05) is 17.8 Å². The standard InChI is InChI=1S/C19H16F2N4/c1-12-9-13-5-2-3-8-16(13)25(12)18-10-17(22-11-23-18)24-19-14(20)6-4-7-15(19)21/h2-8,10-12H,9H2,1H3,(H,22,23,24). The van der Waals surface area contributed by atoms with Gasteiger partial charge in [0.1, 0.15) is 35.3 Å². The van der Waals surface area contributed by atoms with Crippen LogP contribution in [0.2, 0.25) is 0 Å². The number of anilines is 4. The Balaban J connectivity index is 1.69. The normalized spacial score (nSPS) is 16.0. The number of nitrogens with one attached hydrogen (secondary N) is 1. The van der Waals surface area contributed by atoms with Gasteiger partial charge >= 0.3 is 0 Å². The lowest BCUT2D eigenvalue weighted by Crippen LogP contribution is -2.25. The molecule has 6 heteroatoms. The molecule has 0 bridgehead atoms. The first-order valence-corrected chi connectivity index (χ1v) is 8.03. The van der Waals surface area contributed by atoms with Crippen LogP contribution in [0.5, 0.6) is 0 Å². The molecule has 4 nitrogen and oxygen atoms in total. The van der Waals surface area contributed by atoms with E-state index in [9.17, 15) is 8.78 Å². The van der Waals surface area contributed by atoms with Crippen molar-refractivity contribution in [1.82, 2.24) is 9.97 Å². The first-order valence-electron chi connectivity index (χ1n) is 8.03. The number of fused-ring (bicyclic) bond motifs is 1. The first-order chi connectivity index (χ1) is 12.1. The van der Waals surface area contributed by atoms with Crippen LogP contribution in [-0.2, 0) is 6.42 Å². The van der Waals surface area contributed by atoms with E-state index in [0.717, 1.165) is 12.1 Å². The zero-order valence-electron chi connectivity index (χ0n) is 13.6. The predicted octanol–water partition coefficient (Wildman–Crippen LogP) is 4.58. The zero-order valence-corrected chi connectivity index (χ0v) is 13.6. The molecule has 1 aliphatic heterocycles. The molecular weight excluding hydrogens is 322 g/mol. The van der Waals surface area contributed by atoms with Crippen LogP contribution in [-0.4, -0.2) is 16.0 Å². The van der Waals surface area contributed by atoms with Crippen molar-refractivity contribution in [3.8, 4) is 0 Å². The Morgan fingerprint density at radius 2 is 1.80 bits per heavy atom. The van der Waals surface area contributed by atoms with E-state index in [4.69, 9.17) is 0 Å². The highest BCUT2D eigenvalue weighted by molar-refractivity contribution is 5.71. The molecule has 1 N–H and O–H groups in total. The quantitative estimate of drug-likeness (QED) is 0.759. The summed E-state index contributed by atoms with van der Waals surface area (Å²) in [7, 11) is 0. The van der Waals surface area contributed by atoms with Gasteiger partial charge in [0.2, 0.25) is 0 Å². The second-order valence-corrected chi connectivity index (χ2v) is 6.03. The molecule has 0 spiro atoms. The van der Waals surface area contributed by atoms with Crippen molar-refractivity contribution in [2.24, 2.45) is 0 Å². The fourth-order valence-corrected chi connectivity index (χ4v) is 3.21. The Hall–Kier alpha value is -3.02. The molecule has 126 valence electrons. The molecule has 1 aromatic heterocycles. The zero-order chi connectivity index (χ0) is 17.4. The van der Waals surface area contributed by atoms with Gasteiger partial charge in [-0.15, -0.1) is 0 Å². The molecule has 0 saturated heterocycles. The van der Waals surface area contributed by atoms with Gasteiger partial charge in [-0.3, -0.25) is 0 Å². The number of benzene rings is 2. The summed E-state index contributed by atoms with van der Waals surface area (Å²) >= 11 is 0. The van der Waals surface area contributed by atoms with Crippen molar-refractivity contribution in [2.75, 3.05) is 10.2 Å². The van der Waals surface area contributed by atoms with Gasteiger partial charge in [-0.25, -0.2) is 18.7 Å². The average Bonchev–Trinajstić information content (AvgIpc) is 2.94. The van der Waals surface area contributed by atoms with Crippen molar-refractivity contribution in [1.29, 1.82) is 0 Å². The summed E-state index contributed by atoms with van der Waals surface area (Å²) in [4.78, 5) is 10.5. The monoisotopic (exact) mass is 338 g/mol. The van der Waals surface area contributed by atoms with E-state index in [2.05, 4.69) is 33.2 Å². The van der Waals surface area contributed by atoms with E-state index in [1.54, 1.807) is 6.07 Å². The van der Waals surface area contributed by atoms with Gasteiger partial charge < -0.3 is 10.2 Å². The van der Waals surface area contributed by atoms with Crippen LogP contribution >= 0.6 is 0 Å². The van der Waals surface area contributed by atoms with E-state index in [1.165, 1.54) is 30.1 Å². The summed E-state index contributed by atoms with van der Waals surface area (Å²) in [5, 5.41) is 2.72. The van der Waals surface area contributed by atoms with E-state index >= 15 is 0 Å². The van der Waals surface area contributed by atoms with Crippen LogP contribution in [0, 0.1) is 11.6 Å². The molecule has 0 aliphatic carbocycles. The second kappa shape index (κ2) is 6.12. The Labute approximate surface area is 144 Å². The van der Waals surface area contributed by atoms with E-state index in [-0.39, 0.29) is 11.7 Å². The van der Waals surface area contributed by atoms with Gasteiger partial charge in [-0.05, 0) is 37.1 Å². The number of halogens is 2. The van der Waals surface area contributed by atoms with Crippen LogP contribution in [0.1, 0.15) is 12.5 Å². The minimum absolute atomic E-state index is 0.220. The maximum absolute atomic E-state index is 13.8. The summed E-state index contributed by atoms with van der Waals surface area (Å²) in [6.45, 7) is 2.12. The fourth-order valence-electron chi connectivity index (χ4n) is 3.21. The van der Waals surface area contributed by atoms with Crippen LogP contribution < -0.4 is 10.2 Å².